The molecule has 0 aromatic rings. The largest absolute Gasteiger partial charge is 0.378 e. The van der Waals surface area contributed by atoms with E-state index in [2.05, 4.69) is 0 Å². The summed E-state index contributed by atoms with van der Waals surface area (Å²) >= 11 is 5.44. The summed E-state index contributed by atoms with van der Waals surface area (Å²) in [4.78, 5) is 14.8. The normalized spacial score (nSPS) is 17.2. The number of urea groups is 1. The van der Waals surface area contributed by atoms with E-state index in [1.54, 1.807) is 9.80 Å². The number of carbonyl (C=O) groups is 1. The molecule has 1 aliphatic rings. The molecule has 0 radical (unpaired) electrons. The molecule has 0 aliphatic carbocycles. The number of ether oxygens (including phenoxy) is 1. The Labute approximate surface area is 83.4 Å². The molecule has 0 spiro atoms. The zero-order valence-corrected chi connectivity index (χ0v) is 8.59. The first-order valence-corrected chi connectivity index (χ1v) is 4.93. The third-order valence-corrected chi connectivity index (χ3v) is 2.18. The lowest BCUT2D eigenvalue weighted by Crippen LogP contribution is -2.32. The molecule has 2 amide bonds. The number of hydrogen-bond acceptors (Lipinski definition) is 2. The molecular formula is C8H15ClN2O2. The van der Waals surface area contributed by atoms with Crippen molar-refractivity contribution in [3.05, 3.63) is 0 Å². The highest BCUT2D eigenvalue weighted by molar-refractivity contribution is 6.17. The lowest BCUT2D eigenvalue weighted by Gasteiger charge is -2.15. The molecule has 0 saturated carbocycles. The molecule has 0 aromatic carbocycles. The number of amides is 2. The zero-order valence-electron chi connectivity index (χ0n) is 7.83. The van der Waals surface area contributed by atoms with Gasteiger partial charge in [0.15, 0.2) is 0 Å². The number of carbonyl (C=O) groups excluding carboxylic acids is 1. The molecule has 0 unspecified atom stereocenters. The first-order valence-electron chi connectivity index (χ1n) is 4.39. The standard InChI is InChI=1S/C8H15ClN2O2/c1-10-3-4-11(8(10)12)5-7-13-6-2-9/h2-7H2,1H3. The van der Waals surface area contributed by atoms with E-state index in [4.69, 9.17) is 16.3 Å². The second-order valence-electron chi connectivity index (χ2n) is 2.99. The summed E-state index contributed by atoms with van der Waals surface area (Å²) in [6.45, 7) is 3.42. The van der Waals surface area contributed by atoms with E-state index in [-0.39, 0.29) is 6.03 Å². The van der Waals surface area contributed by atoms with Crippen LogP contribution in [0.3, 0.4) is 0 Å². The average molecular weight is 207 g/mol. The van der Waals surface area contributed by atoms with E-state index in [9.17, 15) is 4.79 Å². The highest BCUT2D eigenvalue weighted by Crippen LogP contribution is 2.04. The van der Waals surface area contributed by atoms with Gasteiger partial charge in [-0.25, -0.2) is 4.79 Å². The number of rotatable bonds is 5. The molecule has 13 heavy (non-hydrogen) atoms. The Morgan fingerprint density at radius 3 is 2.77 bits per heavy atom. The highest BCUT2D eigenvalue weighted by Gasteiger charge is 2.24. The summed E-state index contributed by atoms with van der Waals surface area (Å²) in [6, 6.07) is 0.0921. The fourth-order valence-electron chi connectivity index (χ4n) is 1.24. The minimum absolute atomic E-state index is 0.0921. The number of likely N-dealkylation sites (N-methyl/N-ethyl adjacent to an activating group) is 1. The number of nitrogens with zero attached hydrogens (tertiary/aromatic N) is 2. The van der Waals surface area contributed by atoms with Crippen molar-refractivity contribution in [3.63, 3.8) is 0 Å². The second-order valence-corrected chi connectivity index (χ2v) is 3.37. The SMILES string of the molecule is CN1CCN(CCOCCCl)C1=O. The maximum atomic E-state index is 11.3. The van der Waals surface area contributed by atoms with Crippen LogP contribution in [0.2, 0.25) is 0 Å². The number of hydrogen-bond donors (Lipinski definition) is 0. The Morgan fingerprint density at radius 1 is 1.46 bits per heavy atom. The molecule has 1 rings (SSSR count). The Balaban J connectivity index is 2.12. The summed E-state index contributed by atoms with van der Waals surface area (Å²) in [7, 11) is 1.81. The van der Waals surface area contributed by atoms with Gasteiger partial charge in [0.25, 0.3) is 0 Å². The summed E-state index contributed by atoms with van der Waals surface area (Å²) < 4.78 is 5.18. The van der Waals surface area contributed by atoms with E-state index in [0.29, 0.717) is 25.6 Å². The molecule has 0 atom stereocenters. The van der Waals surface area contributed by atoms with E-state index < -0.39 is 0 Å². The van der Waals surface area contributed by atoms with Crippen LogP contribution >= 0.6 is 11.6 Å². The lowest BCUT2D eigenvalue weighted by atomic mass is 10.5. The Hall–Kier alpha value is -0.480. The predicted molar refractivity (Wildman–Crippen MR) is 51.1 cm³/mol. The molecule has 0 bridgehead atoms. The zero-order chi connectivity index (χ0) is 9.68. The molecule has 0 N–H and O–H groups in total. The fourth-order valence-corrected chi connectivity index (χ4v) is 1.35. The van der Waals surface area contributed by atoms with Crippen LogP contribution in [0, 0.1) is 0 Å². The number of halogens is 1. The Bertz CT molecular complexity index is 178. The van der Waals surface area contributed by atoms with Gasteiger partial charge < -0.3 is 14.5 Å². The first-order chi connectivity index (χ1) is 6.25. The van der Waals surface area contributed by atoms with Gasteiger partial charge in [0.1, 0.15) is 0 Å². The van der Waals surface area contributed by atoms with Crippen molar-refractivity contribution < 1.29 is 9.53 Å². The van der Waals surface area contributed by atoms with Gasteiger partial charge in [-0.15, -0.1) is 11.6 Å². The van der Waals surface area contributed by atoms with Crippen LogP contribution in [0.5, 0.6) is 0 Å². The molecule has 76 valence electrons. The van der Waals surface area contributed by atoms with Gasteiger partial charge in [-0.2, -0.15) is 0 Å². The van der Waals surface area contributed by atoms with Crippen LogP contribution in [0.15, 0.2) is 0 Å². The molecule has 5 heteroatoms. The third kappa shape index (κ3) is 3.04. The van der Waals surface area contributed by atoms with Crippen LogP contribution in [0.1, 0.15) is 0 Å². The smallest absolute Gasteiger partial charge is 0.319 e. The van der Waals surface area contributed by atoms with Crippen molar-refractivity contribution in [2.75, 3.05) is 45.8 Å². The van der Waals surface area contributed by atoms with Crippen LogP contribution in [-0.2, 0) is 4.74 Å². The molecule has 0 aromatic heterocycles. The van der Waals surface area contributed by atoms with Gasteiger partial charge in [-0.3, -0.25) is 0 Å². The van der Waals surface area contributed by atoms with Crippen LogP contribution in [-0.4, -0.2) is 61.6 Å². The summed E-state index contributed by atoms with van der Waals surface area (Å²) in [5.74, 6) is 0.508. The molecular weight excluding hydrogens is 192 g/mol. The number of alkyl halides is 1. The predicted octanol–water partition coefficient (Wildman–Crippen LogP) is 0.609. The van der Waals surface area contributed by atoms with E-state index in [1.807, 2.05) is 7.05 Å². The van der Waals surface area contributed by atoms with Gasteiger partial charge in [0.2, 0.25) is 0 Å². The quantitative estimate of drug-likeness (QED) is 0.488. The molecule has 1 heterocycles. The van der Waals surface area contributed by atoms with Crippen molar-refractivity contribution >= 4 is 17.6 Å². The fraction of sp³-hybridized carbons (Fsp3) is 0.875. The molecule has 4 nitrogen and oxygen atoms in total. The van der Waals surface area contributed by atoms with E-state index in [1.165, 1.54) is 0 Å². The summed E-state index contributed by atoms with van der Waals surface area (Å²) in [5, 5.41) is 0. The topological polar surface area (TPSA) is 32.8 Å². The van der Waals surface area contributed by atoms with Crippen LogP contribution < -0.4 is 0 Å². The second kappa shape index (κ2) is 5.29. The molecule has 1 aliphatic heterocycles. The third-order valence-electron chi connectivity index (χ3n) is 2.03. The molecule has 1 saturated heterocycles. The van der Waals surface area contributed by atoms with Gasteiger partial charge in [0, 0.05) is 32.6 Å². The first kappa shape index (κ1) is 10.6. The van der Waals surface area contributed by atoms with Crippen molar-refractivity contribution in [1.29, 1.82) is 0 Å². The van der Waals surface area contributed by atoms with Gasteiger partial charge >= 0.3 is 6.03 Å². The Kier molecular flexibility index (Phi) is 4.32. The van der Waals surface area contributed by atoms with Crippen molar-refractivity contribution in [2.24, 2.45) is 0 Å². The van der Waals surface area contributed by atoms with Gasteiger partial charge in [-0.05, 0) is 0 Å². The van der Waals surface area contributed by atoms with Crippen LogP contribution in [0.4, 0.5) is 4.79 Å². The lowest BCUT2D eigenvalue weighted by molar-refractivity contribution is 0.125. The minimum atomic E-state index is 0.0921. The van der Waals surface area contributed by atoms with E-state index >= 15 is 0 Å². The van der Waals surface area contributed by atoms with Gasteiger partial charge in [0.05, 0.1) is 13.2 Å². The minimum Gasteiger partial charge on any atom is -0.378 e. The average Bonchev–Trinajstić information content (AvgIpc) is 2.43. The molecule has 1 fully saturated rings. The summed E-state index contributed by atoms with van der Waals surface area (Å²) in [6.07, 6.45) is 0. The Morgan fingerprint density at radius 2 is 2.23 bits per heavy atom. The maximum Gasteiger partial charge on any atom is 0.319 e. The van der Waals surface area contributed by atoms with Crippen molar-refractivity contribution in [1.82, 2.24) is 9.80 Å². The van der Waals surface area contributed by atoms with Crippen LogP contribution in [0.25, 0.3) is 0 Å². The summed E-state index contributed by atoms with van der Waals surface area (Å²) in [5.41, 5.74) is 0. The monoisotopic (exact) mass is 206 g/mol. The highest BCUT2D eigenvalue weighted by atomic mass is 35.5. The van der Waals surface area contributed by atoms with Crippen molar-refractivity contribution in [2.45, 2.75) is 0 Å². The maximum absolute atomic E-state index is 11.3. The van der Waals surface area contributed by atoms with Gasteiger partial charge in [-0.1, -0.05) is 0 Å². The van der Waals surface area contributed by atoms with Crippen molar-refractivity contribution in [3.8, 4) is 0 Å². The van der Waals surface area contributed by atoms with E-state index in [0.717, 1.165) is 13.1 Å².